The fraction of sp³-hybridized carbons (Fsp3) is 0.533. The predicted octanol–water partition coefficient (Wildman–Crippen LogP) is 2.63. The molecule has 1 unspecified atom stereocenters. The summed E-state index contributed by atoms with van der Waals surface area (Å²) in [4.78, 5) is 11.9. The third-order valence-corrected chi connectivity index (χ3v) is 3.81. The molecule has 1 aliphatic carbocycles. The molecule has 0 spiro atoms. The molecule has 2 amide bonds. The largest absolute Gasteiger partial charge is 0.393 e. The molecule has 21 heavy (non-hydrogen) atoms. The Bertz CT molecular complexity index is 502. The molecule has 1 fully saturated rings. The van der Waals surface area contributed by atoms with Crippen molar-refractivity contribution in [1.82, 2.24) is 10.6 Å². The summed E-state index contributed by atoms with van der Waals surface area (Å²) in [5, 5.41) is 14.9. The first-order valence-electron chi connectivity index (χ1n) is 7.15. The average Bonchev–Trinajstić information content (AvgIpc) is 2.41. The van der Waals surface area contributed by atoms with Crippen LogP contribution in [0.4, 0.5) is 13.6 Å². The Labute approximate surface area is 122 Å². The van der Waals surface area contributed by atoms with Crippen LogP contribution in [0.25, 0.3) is 0 Å². The zero-order valence-corrected chi connectivity index (χ0v) is 11.9. The molecule has 116 valence electrons. The van der Waals surface area contributed by atoms with Gasteiger partial charge in [-0.25, -0.2) is 13.6 Å². The molecule has 1 aromatic carbocycles. The van der Waals surface area contributed by atoms with Gasteiger partial charge in [-0.05, 0) is 38.7 Å². The molecule has 0 saturated heterocycles. The lowest BCUT2D eigenvalue weighted by atomic mass is 9.93. The van der Waals surface area contributed by atoms with Gasteiger partial charge in [-0.15, -0.1) is 0 Å². The minimum atomic E-state index is -0.677. The van der Waals surface area contributed by atoms with E-state index in [2.05, 4.69) is 10.6 Å². The molecule has 0 aromatic heterocycles. The van der Waals surface area contributed by atoms with Gasteiger partial charge in [-0.3, -0.25) is 0 Å². The maximum atomic E-state index is 13.6. The van der Waals surface area contributed by atoms with Crippen LogP contribution in [0, 0.1) is 11.6 Å². The lowest BCUT2D eigenvalue weighted by Crippen LogP contribution is -2.44. The van der Waals surface area contributed by atoms with Gasteiger partial charge in [-0.2, -0.15) is 0 Å². The van der Waals surface area contributed by atoms with E-state index in [1.807, 2.05) is 0 Å². The van der Waals surface area contributed by atoms with Gasteiger partial charge in [0.25, 0.3) is 0 Å². The predicted molar refractivity (Wildman–Crippen MR) is 74.7 cm³/mol. The summed E-state index contributed by atoms with van der Waals surface area (Å²) in [5.74, 6) is -1.32. The molecule has 6 heteroatoms. The van der Waals surface area contributed by atoms with Crippen LogP contribution in [-0.4, -0.2) is 23.3 Å². The summed E-state index contributed by atoms with van der Waals surface area (Å²) in [7, 11) is 0. The number of hydrogen-bond donors (Lipinski definition) is 3. The standard InChI is InChI=1S/C15H20F2N2O2/c1-9(13-7-2-10(16)8-14(13)17)18-15(21)19-11-3-5-12(20)6-4-11/h2,7-9,11-12,20H,3-6H2,1H3,(H2,18,19,21). The van der Waals surface area contributed by atoms with Gasteiger partial charge in [0, 0.05) is 17.7 Å². The molecule has 1 aliphatic rings. The number of nitrogens with one attached hydrogen (secondary N) is 2. The zero-order valence-electron chi connectivity index (χ0n) is 11.9. The Morgan fingerprint density at radius 3 is 2.57 bits per heavy atom. The van der Waals surface area contributed by atoms with E-state index in [1.165, 1.54) is 6.07 Å². The van der Waals surface area contributed by atoms with Crippen LogP contribution < -0.4 is 10.6 Å². The number of urea groups is 1. The van der Waals surface area contributed by atoms with Crippen molar-refractivity contribution in [3.63, 3.8) is 0 Å². The Morgan fingerprint density at radius 1 is 1.29 bits per heavy atom. The number of benzene rings is 1. The molecule has 0 aliphatic heterocycles. The third-order valence-electron chi connectivity index (χ3n) is 3.81. The van der Waals surface area contributed by atoms with E-state index in [4.69, 9.17) is 0 Å². The van der Waals surface area contributed by atoms with Crippen molar-refractivity contribution in [1.29, 1.82) is 0 Å². The quantitative estimate of drug-likeness (QED) is 0.803. The van der Waals surface area contributed by atoms with Gasteiger partial charge in [0.2, 0.25) is 0 Å². The molecule has 1 saturated carbocycles. The van der Waals surface area contributed by atoms with Gasteiger partial charge < -0.3 is 15.7 Å². The Kier molecular flexibility index (Phi) is 5.12. The van der Waals surface area contributed by atoms with Crippen molar-refractivity contribution in [3.8, 4) is 0 Å². The molecular formula is C15H20F2N2O2. The summed E-state index contributed by atoms with van der Waals surface area (Å²) in [6, 6.07) is 2.38. The molecule has 0 bridgehead atoms. The molecule has 2 rings (SSSR count). The monoisotopic (exact) mass is 298 g/mol. The maximum absolute atomic E-state index is 13.6. The van der Waals surface area contributed by atoms with E-state index in [9.17, 15) is 18.7 Å². The van der Waals surface area contributed by atoms with E-state index >= 15 is 0 Å². The van der Waals surface area contributed by atoms with E-state index in [1.54, 1.807) is 6.92 Å². The number of amides is 2. The number of aliphatic hydroxyl groups excluding tert-OH is 1. The van der Waals surface area contributed by atoms with E-state index in [-0.39, 0.29) is 23.7 Å². The van der Waals surface area contributed by atoms with Crippen LogP contribution in [0.5, 0.6) is 0 Å². The number of aliphatic hydroxyl groups is 1. The van der Waals surface area contributed by atoms with E-state index in [0.29, 0.717) is 12.8 Å². The number of rotatable bonds is 3. The Hall–Kier alpha value is -1.69. The lowest BCUT2D eigenvalue weighted by molar-refractivity contribution is 0.117. The highest BCUT2D eigenvalue weighted by molar-refractivity contribution is 5.74. The second-order valence-corrected chi connectivity index (χ2v) is 5.51. The number of hydrogen-bond acceptors (Lipinski definition) is 2. The second-order valence-electron chi connectivity index (χ2n) is 5.51. The van der Waals surface area contributed by atoms with Gasteiger partial charge in [-0.1, -0.05) is 6.07 Å². The first-order valence-corrected chi connectivity index (χ1v) is 7.15. The molecular weight excluding hydrogens is 278 g/mol. The molecule has 0 heterocycles. The van der Waals surface area contributed by atoms with Crippen LogP contribution in [0.3, 0.4) is 0 Å². The van der Waals surface area contributed by atoms with Crippen LogP contribution in [0.15, 0.2) is 18.2 Å². The highest BCUT2D eigenvalue weighted by atomic mass is 19.1. The third kappa shape index (κ3) is 4.39. The first kappa shape index (κ1) is 15.7. The molecule has 1 aromatic rings. The smallest absolute Gasteiger partial charge is 0.315 e. The van der Waals surface area contributed by atoms with Gasteiger partial charge in [0.1, 0.15) is 11.6 Å². The van der Waals surface area contributed by atoms with Crippen molar-refractivity contribution < 1.29 is 18.7 Å². The van der Waals surface area contributed by atoms with E-state index < -0.39 is 17.7 Å². The number of halogens is 2. The van der Waals surface area contributed by atoms with Crippen molar-refractivity contribution >= 4 is 6.03 Å². The van der Waals surface area contributed by atoms with Crippen LogP contribution in [0.1, 0.15) is 44.2 Å². The average molecular weight is 298 g/mol. The molecule has 0 radical (unpaired) electrons. The summed E-state index contributed by atoms with van der Waals surface area (Å²) in [5.41, 5.74) is 0.241. The first-order chi connectivity index (χ1) is 9.95. The summed E-state index contributed by atoms with van der Waals surface area (Å²) >= 11 is 0. The van der Waals surface area contributed by atoms with Crippen molar-refractivity contribution in [2.75, 3.05) is 0 Å². The normalized spacial score (nSPS) is 23.4. The number of carbonyl (C=O) groups excluding carboxylic acids is 1. The van der Waals surface area contributed by atoms with Crippen molar-refractivity contribution in [2.45, 2.75) is 50.8 Å². The van der Waals surface area contributed by atoms with E-state index in [0.717, 1.165) is 25.0 Å². The topological polar surface area (TPSA) is 61.4 Å². The van der Waals surface area contributed by atoms with Crippen molar-refractivity contribution in [3.05, 3.63) is 35.4 Å². The fourth-order valence-electron chi connectivity index (χ4n) is 2.57. The van der Waals surface area contributed by atoms with Gasteiger partial charge in [0.05, 0.1) is 12.1 Å². The van der Waals surface area contributed by atoms with Crippen LogP contribution >= 0.6 is 0 Å². The lowest BCUT2D eigenvalue weighted by Gasteiger charge is -2.27. The highest BCUT2D eigenvalue weighted by Crippen LogP contribution is 2.19. The second kappa shape index (κ2) is 6.85. The molecule has 3 N–H and O–H groups in total. The summed E-state index contributed by atoms with van der Waals surface area (Å²) in [6.07, 6.45) is 2.53. The van der Waals surface area contributed by atoms with Gasteiger partial charge in [0.15, 0.2) is 0 Å². The summed E-state index contributed by atoms with van der Waals surface area (Å²) < 4.78 is 26.5. The summed E-state index contributed by atoms with van der Waals surface area (Å²) in [6.45, 7) is 1.64. The maximum Gasteiger partial charge on any atom is 0.315 e. The van der Waals surface area contributed by atoms with Crippen LogP contribution in [0.2, 0.25) is 0 Å². The minimum absolute atomic E-state index is 0.0265. The fourth-order valence-corrected chi connectivity index (χ4v) is 2.57. The van der Waals surface area contributed by atoms with Crippen molar-refractivity contribution in [2.24, 2.45) is 0 Å². The highest BCUT2D eigenvalue weighted by Gasteiger charge is 2.22. The molecule has 4 nitrogen and oxygen atoms in total. The zero-order chi connectivity index (χ0) is 15.4. The van der Waals surface area contributed by atoms with Gasteiger partial charge >= 0.3 is 6.03 Å². The Morgan fingerprint density at radius 2 is 1.95 bits per heavy atom. The SMILES string of the molecule is CC(NC(=O)NC1CCC(O)CC1)c1ccc(F)cc1F. The Balaban J connectivity index is 1.87. The minimum Gasteiger partial charge on any atom is -0.393 e. The number of carbonyl (C=O) groups is 1. The van der Waals surface area contributed by atoms with Crippen LogP contribution in [-0.2, 0) is 0 Å². The molecule has 1 atom stereocenters.